The van der Waals surface area contributed by atoms with Gasteiger partial charge in [0.05, 0.1) is 0 Å². The van der Waals surface area contributed by atoms with E-state index < -0.39 is 5.60 Å². The third-order valence-electron chi connectivity index (χ3n) is 9.37. The molecule has 0 aliphatic carbocycles. The molecule has 210 valence electrons. The molecule has 9 nitrogen and oxygen atoms in total. The first-order chi connectivity index (χ1) is 18.7. The lowest BCUT2D eigenvalue weighted by molar-refractivity contribution is -0.148. The van der Waals surface area contributed by atoms with Crippen molar-refractivity contribution in [1.82, 2.24) is 14.9 Å². The topological polar surface area (TPSA) is 85.3 Å². The average molecular weight is 538 g/mol. The average Bonchev–Trinajstić information content (AvgIpc) is 3.70. The minimum absolute atomic E-state index is 0.0498. The van der Waals surface area contributed by atoms with Crippen LogP contribution in [-0.4, -0.2) is 83.8 Å². The summed E-state index contributed by atoms with van der Waals surface area (Å²) < 4.78 is 6.49. The first kappa shape index (κ1) is 26.0. The number of carbonyl (C=O) groups is 1. The molecule has 0 bridgehead atoms. The molecular weight excluding hydrogens is 495 g/mol. The molecule has 1 atom stereocenters. The van der Waals surface area contributed by atoms with Gasteiger partial charge in [-0.15, -0.1) is 0 Å². The molecule has 4 aliphatic heterocycles. The summed E-state index contributed by atoms with van der Waals surface area (Å²) >= 11 is 0. The summed E-state index contributed by atoms with van der Waals surface area (Å²) in [5.41, 5.74) is 2.72. The number of phenols is 1. The van der Waals surface area contributed by atoms with Crippen LogP contribution in [0.3, 0.4) is 0 Å². The highest BCUT2D eigenvalue weighted by Crippen LogP contribution is 2.43. The highest BCUT2D eigenvalue weighted by Gasteiger charge is 2.44. The van der Waals surface area contributed by atoms with Crippen LogP contribution < -0.4 is 19.4 Å². The predicted molar refractivity (Wildman–Crippen MR) is 153 cm³/mol. The Hall–Kier alpha value is -3.23. The molecule has 5 heterocycles. The van der Waals surface area contributed by atoms with E-state index in [4.69, 9.17) is 14.7 Å². The van der Waals surface area contributed by atoms with Crippen molar-refractivity contribution in [3.8, 4) is 11.5 Å². The fourth-order valence-corrected chi connectivity index (χ4v) is 6.61. The third-order valence-corrected chi connectivity index (χ3v) is 9.37. The van der Waals surface area contributed by atoms with E-state index in [9.17, 15) is 9.90 Å². The van der Waals surface area contributed by atoms with Gasteiger partial charge in [0.25, 0.3) is 5.91 Å². The number of anilines is 3. The summed E-state index contributed by atoms with van der Waals surface area (Å²) in [7, 11) is 0. The van der Waals surface area contributed by atoms with Gasteiger partial charge in [-0.3, -0.25) is 4.79 Å². The fraction of sp³-hybridized carbons (Fsp3) is 0.633. The summed E-state index contributed by atoms with van der Waals surface area (Å²) in [6.07, 6.45) is 6.13. The first-order valence-corrected chi connectivity index (χ1v) is 14.7. The number of piperazine rings is 1. The standard InChI is InChI=1S/C30H42N6O3/c1-20-21(2)27-23(22(3)26(20)37)9-10-30(4,39-27)28(38)35-17-15-34(16-18-35)25-19-24(33-11-5-6-12-33)31-29(32-25)36-13-7-8-14-36/h19,37H,5-18H2,1-4H3/t30-/m1/s1/i19+1,28+1,29+1. The Morgan fingerprint density at radius 1 is 0.821 bits per heavy atom. The summed E-state index contributed by atoms with van der Waals surface area (Å²) in [6.45, 7) is 14.6. The smallest absolute Gasteiger partial charge is 0.266 e. The van der Waals surface area contributed by atoms with Crippen molar-refractivity contribution in [2.45, 2.75) is 71.8 Å². The highest BCUT2D eigenvalue weighted by molar-refractivity contribution is 5.86. The Morgan fingerprint density at radius 3 is 2.00 bits per heavy atom. The van der Waals surface area contributed by atoms with E-state index in [2.05, 4.69) is 20.8 Å². The fourth-order valence-electron chi connectivity index (χ4n) is 6.61. The monoisotopic (exact) mass is 537 g/mol. The lowest BCUT2D eigenvalue weighted by Gasteiger charge is -2.42. The van der Waals surface area contributed by atoms with Gasteiger partial charge in [-0.2, -0.15) is 9.97 Å². The van der Waals surface area contributed by atoms with Crippen LogP contribution in [0, 0.1) is 20.8 Å². The summed E-state index contributed by atoms with van der Waals surface area (Å²) in [5, 5.41) is 10.5. The number of phenolic OH excluding ortho intramolecular Hbond substituents is 1. The normalized spacial score (nSPS) is 23.3. The van der Waals surface area contributed by atoms with Crippen molar-refractivity contribution in [3.63, 3.8) is 0 Å². The molecule has 39 heavy (non-hydrogen) atoms. The number of hydrogen-bond donors (Lipinski definition) is 1. The van der Waals surface area contributed by atoms with E-state index in [0.29, 0.717) is 25.3 Å². The lowest BCUT2D eigenvalue weighted by atomic mass is 9.89. The Bertz CT molecular complexity index is 1230. The largest absolute Gasteiger partial charge is 0.507 e. The third kappa shape index (κ3) is 4.63. The van der Waals surface area contributed by atoms with Gasteiger partial charge < -0.3 is 29.4 Å². The Morgan fingerprint density at radius 2 is 1.38 bits per heavy atom. The maximum Gasteiger partial charge on any atom is 0.266 e. The zero-order valence-electron chi connectivity index (χ0n) is 23.9. The molecule has 1 aromatic carbocycles. The van der Waals surface area contributed by atoms with Gasteiger partial charge in [-0.1, -0.05) is 0 Å². The molecule has 1 amide bonds. The maximum atomic E-state index is 13.8. The zero-order chi connectivity index (χ0) is 27.3. The van der Waals surface area contributed by atoms with Gasteiger partial charge >= 0.3 is 0 Å². The van der Waals surface area contributed by atoms with Gasteiger partial charge in [0, 0.05) is 70.4 Å². The van der Waals surface area contributed by atoms with E-state index in [0.717, 1.165) is 91.3 Å². The van der Waals surface area contributed by atoms with Crippen molar-refractivity contribution in [2.24, 2.45) is 0 Å². The lowest BCUT2D eigenvalue weighted by Crippen LogP contribution is -2.58. The summed E-state index contributed by atoms with van der Waals surface area (Å²) in [6, 6.07) is 2.15. The van der Waals surface area contributed by atoms with Crippen molar-refractivity contribution in [1.29, 1.82) is 0 Å². The Labute approximate surface area is 231 Å². The zero-order valence-corrected chi connectivity index (χ0v) is 23.9. The molecule has 6 rings (SSSR count). The molecule has 1 aromatic heterocycles. The second-order valence-corrected chi connectivity index (χ2v) is 11.9. The quantitative estimate of drug-likeness (QED) is 0.591. The predicted octanol–water partition coefficient (Wildman–Crippen LogP) is 3.74. The van der Waals surface area contributed by atoms with Crippen LogP contribution in [0.4, 0.5) is 17.6 Å². The molecule has 4 aliphatic rings. The molecular formula is C30H42N6O3. The van der Waals surface area contributed by atoms with Crippen LogP contribution in [0.5, 0.6) is 11.5 Å². The highest BCUT2D eigenvalue weighted by atomic mass is 16.5. The van der Waals surface area contributed by atoms with Gasteiger partial charge in [0.1, 0.15) is 23.1 Å². The molecule has 2 aromatic rings. The number of aromatic nitrogens is 2. The molecule has 0 unspecified atom stereocenters. The SMILES string of the molecule is Cc1c(C)c2c(c(C)c1O)CC[C@](C)([13C](=O)N1CCN(c3[13cH]c(N4CCCC4)n[13c](N4CCCC4)n3)CC1)O2. The number of nitrogens with zero attached hydrogens (tertiary/aromatic N) is 6. The summed E-state index contributed by atoms with van der Waals surface area (Å²) in [5.74, 6) is 4.01. The number of benzene rings is 1. The van der Waals surface area contributed by atoms with Crippen LogP contribution >= 0.6 is 0 Å². The van der Waals surface area contributed by atoms with Crippen molar-refractivity contribution >= 4 is 23.5 Å². The number of carbonyl (C=O) groups excluding carboxylic acids is 1. The van der Waals surface area contributed by atoms with Crippen LogP contribution in [0.15, 0.2) is 6.07 Å². The Kier molecular flexibility index (Phi) is 6.71. The van der Waals surface area contributed by atoms with Gasteiger partial charge in [0.2, 0.25) is 5.95 Å². The molecule has 0 spiro atoms. The van der Waals surface area contributed by atoms with Crippen LogP contribution in [-0.2, 0) is 11.2 Å². The van der Waals surface area contributed by atoms with Crippen LogP contribution in [0.25, 0.3) is 0 Å². The van der Waals surface area contributed by atoms with Crippen molar-refractivity contribution < 1.29 is 14.6 Å². The van der Waals surface area contributed by atoms with E-state index in [1.54, 1.807) is 0 Å². The van der Waals surface area contributed by atoms with Crippen molar-refractivity contribution in [2.75, 3.05) is 67.1 Å². The summed E-state index contributed by atoms with van der Waals surface area (Å²) in [4.78, 5) is 32.8. The van der Waals surface area contributed by atoms with Crippen molar-refractivity contribution in [3.05, 3.63) is 28.3 Å². The Balaban J connectivity index is 1.17. The van der Waals surface area contributed by atoms with E-state index in [-0.39, 0.29) is 5.91 Å². The number of rotatable bonds is 4. The number of amides is 1. The number of fused-ring (bicyclic) bond motifs is 1. The molecule has 3 fully saturated rings. The molecule has 0 saturated carbocycles. The number of aromatic hydroxyl groups is 1. The number of ether oxygens (including phenoxy) is 1. The van der Waals surface area contributed by atoms with Gasteiger partial charge in [-0.25, -0.2) is 0 Å². The number of hydrogen-bond acceptors (Lipinski definition) is 8. The second-order valence-electron chi connectivity index (χ2n) is 11.9. The molecule has 9 heteroatoms. The van der Waals surface area contributed by atoms with Crippen LogP contribution in [0.2, 0.25) is 0 Å². The minimum Gasteiger partial charge on any atom is -0.507 e. The molecule has 1 N–H and O–H groups in total. The minimum atomic E-state index is -0.906. The first-order valence-electron chi connectivity index (χ1n) is 14.7. The van der Waals surface area contributed by atoms with Crippen LogP contribution in [0.1, 0.15) is 61.3 Å². The van der Waals surface area contributed by atoms with E-state index in [1.165, 1.54) is 25.7 Å². The van der Waals surface area contributed by atoms with E-state index >= 15 is 0 Å². The second kappa shape index (κ2) is 10.1. The van der Waals surface area contributed by atoms with E-state index in [1.807, 2.05) is 32.6 Å². The molecule has 0 radical (unpaired) electrons. The van der Waals surface area contributed by atoms with Gasteiger partial charge in [0.15, 0.2) is 5.60 Å². The molecule has 3 saturated heterocycles. The van der Waals surface area contributed by atoms with Gasteiger partial charge in [-0.05, 0) is 76.5 Å². The maximum absolute atomic E-state index is 13.8.